The molecule has 0 saturated heterocycles. The number of aliphatic imine (C=N–C) groups is 1. The molecule has 8 heteroatoms. The molecular weight excluding hydrogens is 339 g/mol. The second-order valence-corrected chi connectivity index (χ2v) is 5.71. The zero-order chi connectivity index (χ0) is 17.6. The fourth-order valence-electron chi connectivity index (χ4n) is 2.08. The van der Waals surface area contributed by atoms with Gasteiger partial charge in [-0.05, 0) is 40.1 Å². The van der Waals surface area contributed by atoms with Crippen molar-refractivity contribution in [3.8, 4) is 5.75 Å². The van der Waals surface area contributed by atoms with Crippen molar-refractivity contribution in [2.45, 2.75) is 19.3 Å². The van der Waals surface area contributed by atoms with Gasteiger partial charge in [-0.1, -0.05) is 6.07 Å². The number of methoxy groups -OCH3 is 1. The predicted molar refractivity (Wildman–Crippen MR) is 89.4 cm³/mol. The Hall–Kier alpha value is -2.22. The summed E-state index contributed by atoms with van der Waals surface area (Å²) >= 11 is 1.58. The molecule has 1 aromatic heterocycles. The highest BCUT2D eigenvalue weighted by Gasteiger charge is 2.33. The van der Waals surface area contributed by atoms with E-state index < -0.39 is 11.7 Å². The first-order chi connectivity index (χ1) is 11.4. The zero-order valence-electron chi connectivity index (χ0n) is 13.3. The minimum atomic E-state index is -4.45. The monoisotopic (exact) mass is 357 g/mol. The summed E-state index contributed by atoms with van der Waals surface area (Å²) in [5, 5.41) is 9.91. The maximum Gasteiger partial charge on any atom is 0.416 e. The Kier molecular flexibility index (Phi) is 6.08. The molecule has 1 heterocycles. The topological polar surface area (TPSA) is 45.7 Å². The summed E-state index contributed by atoms with van der Waals surface area (Å²) in [5.74, 6) is 0.608. The van der Waals surface area contributed by atoms with E-state index in [1.165, 1.54) is 19.2 Å². The molecule has 0 unspecified atom stereocenters. The Morgan fingerprint density at radius 3 is 2.54 bits per heavy atom. The largest absolute Gasteiger partial charge is 0.497 e. The molecule has 0 fully saturated rings. The summed E-state index contributed by atoms with van der Waals surface area (Å²) in [6, 6.07) is 5.88. The molecule has 0 bridgehead atoms. The third kappa shape index (κ3) is 4.89. The summed E-state index contributed by atoms with van der Waals surface area (Å²) in [6.07, 6.45) is -4.45. The molecule has 0 amide bonds. The molecule has 0 aliphatic rings. The highest BCUT2D eigenvalue weighted by atomic mass is 32.1. The maximum absolute atomic E-state index is 13.2. The maximum atomic E-state index is 13.2. The third-order valence-corrected chi connectivity index (χ3v) is 4.06. The highest BCUT2D eigenvalue weighted by Crippen LogP contribution is 2.34. The first-order valence-corrected chi connectivity index (χ1v) is 8.08. The average molecular weight is 357 g/mol. The lowest BCUT2D eigenvalue weighted by molar-refractivity contribution is -0.138. The van der Waals surface area contributed by atoms with Gasteiger partial charge in [-0.25, -0.2) is 0 Å². The summed E-state index contributed by atoms with van der Waals surface area (Å²) in [6.45, 7) is 0.556. The van der Waals surface area contributed by atoms with Gasteiger partial charge in [0.1, 0.15) is 5.75 Å². The van der Waals surface area contributed by atoms with Crippen LogP contribution in [0.1, 0.15) is 16.7 Å². The van der Waals surface area contributed by atoms with Crippen molar-refractivity contribution in [3.05, 3.63) is 51.7 Å². The fourth-order valence-corrected chi connectivity index (χ4v) is 2.75. The van der Waals surface area contributed by atoms with Crippen LogP contribution in [0.25, 0.3) is 0 Å². The molecule has 24 heavy (non-hydrogen) atoms. The van der Waals surface area contributed by atoms with E-state index in [9.17, 15) is 13.2 Å². The smallest absolute Gasteiger partial charge is 0.416 e. The molecule has 2 N–H and O–H groups in total. The van der Waals surface area contributed by atoms with Gasteiger partial charge in [-0.2, -0.15) is 24.5 Å². The van der Waals surface area contributed by atoms with E-state index in [1.54, 1.807) is 18.4 Å². The number of ether oxygens (including phenoxy) is 1. The lowest BCUT2D eigenvalue weighted by Crippen LogP contribution is -2.36. The molecule has 2 rings (SSSR count). The van der Waals surface area contributed by atoms with Gasteiger partial charge in [0.15, 0.2) is 5.96 Å². The van der Waals surface area contributed by atoms with Crippen molar-refractivity contribution >= 4 is 17.3 Å². The molecule has 4 nitrogen and oxygen atoms in total. The van der Waals surface area contributed by atoms with Gasteiger partial charge in [0.25, 0.3) is 0 Å². The second kappa shape index (κ2) is 8.05. The Bertz CT molecular complexity index is 684. The normalized spacial score (nSPS) is 12.1. The number of hydrogen-bond donors (Lipinski definition) is 2. The van der Waals surface area contributed by atoms with Crippen molar-refractivity contribution in [2.24, 2.45) is 4.99 Å². The van der Waals surface area contributed by atoms with E-state index in [0.717, 1.165) is 11.6 Å². The van der Waals surface area contributed by atoms with Gasteiger partial charge >= 0.3 is 6.18 Å². The number of alkyl halides is 3. The SMILES string of the molecule is CN=C(NCc1ccsc1)NCc1ccc(OC)cc1C(F)(F)F. The van der Waals surface area contributed by atoms with E-state index in [1.807, 2.05) is 16.8 Å². The Labute approximate surface area is 142 Å². The van der Waals surface area contributed by atoms with Gasteiger partial charge in [-0.15, -0.1) is 0 Å². The number of rotatable bonds is 5. The highest BCUT2D eigenvalue weighted by molar-refractivity contribution is 7.07. The van der Waals surface area contributed by atoms with Crippen molar-refractivity contribution in [2.75, 3.05) is 14.2 Å². The molecule has 0 radical (unpaired) electrons. The fraction of sp³-hybridized carbons (Fsp3) is 0.312. The van der Waals surface area contributed by atoms with E-state index in [0.29, 0.717) is 12.5 Å². The van der Waals surface area contributed by atoms with Crippen molar-refractivity contribution in [1.82, 2.24) is 10.6 Å². The van der Waals surface area contributed by atoms with Crippen LogP contribution in [0.5, 0.6) is 5.75 Å². The minimum Gasteiger partial charge on any atom is -0.497 e. The molecular formula is C16H18F3N3OS. The van der Waals surface area contributed by atoms with Crippen LogP contribution < -0.4 is 15.4 Å². The van der Waals surface area contributed by atoms with Crippen LogP contribution in [-0.4, -0.2) is 20.1 Å². The summed E-state index contributed by atoms with van der Waals surface area (Å²) in [4.78, 5) is 4.02. The number of benzene rings is 1. The Morgan fingerprint density at radius 2 is 1.96 bits per heavy atom. The van der Waals surface area contributed by atoms with Gasteiger partial charge in [0, 0.05) is 20.1 Å². The zero-order valence-corrected chi connectivity index (χ0v) is 14.1. The molecule has 0 spiro atoms. The number of nitrogens with zero attached hydrogens (tertiary/aromatic N) is 1. The lowest BCUT2D eigenvalue weighted by Gasteiger charge is -2.16. The number of nitrogens with one attached hydrogen (secondary N) is 2. The van der Waals surface area contributed by atoms with Crippen LogP contribution in [0.2, 0.25) is 0 Å². The Morgan fingerprint density at radius 1 is 1.21 bits per heavy atom. The molecule has 2 aromatic rings. The van der Waals surface area contributed by atoms with Gasteiger partial charge in [0.05, 0.1) is 12.7 Å². The summed E-state index contributed by atoms with van der Waals surface area (Å²) in [5.41, 5.74) is 0.493. The molecule has 0 atom stereocenters. The number of thiophene rings is 1. The van der Waals surface area contributed by atoms with Gasteiger partial charge < -0.3 is 15.4 Å². The lowest BCUT2D eigenvalue weighted by atomic mass is 10.1. The number of halogens is 3. The van der Waals surface area contributed by atoms with Crippen molar-refractivity contribution < 1.29 is 17.9 Å². The van der Waals surface area contributed by atoms with Crippen LogP contribution in [0.15, 0.2) is 40.0 Å². The standard InChI is InChI=1S/C16H18F3N3OS/c1-20-15(21-8-11-5-6-24-10-11)22-9-12-3-4-13(23-2)7-14(12)16(17,18)19/h3-7,10H,8-9H2,1-2H3,(H2,20,21,22). The third-order valence-electron chi connectivity index (χ3n) is 3.33. The molecule has 1 aromatic carbocycles. The molecule has 0 aliphatic carbocycles. The summed E-state index contributed by atoms with van der Waals surface area (Å²) in [7, 11) is 2.91. The van der Waals surface area contributed by atoms with Crippen LogP contribution >= 0.6 is 11.3 Å². The van der Waals surface area contributed by atoms with Crippen LogP contribution in [-0.2, 0) is 19.3 Å². The number of guanidine groups is 1. The second-order valence-electron chi connectivity index (χ2n) is 4.93. The van der Waals surface area contributed by atoms with Crippen LogP contribution in [0.3, 0.4) is 0 Å². The van der Waals surface area contributed by atoms with Gasteiger partial charge in [-0.3, -0.25) is 4.99 Å². The quantitative estimate of drug-likeness (QED) is 0.634. The van der Waals surface area contributed by atoms with Crippen molar-refractivity contribution in [1.29, 1.82) is 0 Å². The van der Waals surface area contributed by atoms with Gasteiger partial charge in [0.2, 0.25) is 0 Å². The summed E-state index contributed by atoms with van der Waals surface area (Å²) < 4.78 is 44.4. The van der Waals surface area contributed by atoms with E-state index >= 15 is 0 Å². The number of hydrogen-bond acceptors (Lipinski definition) is 3. The van der Waals surface area contributed by atoms with Crippen molar-refractivity contribution in [3.63, 3.8) is 0 Å². The van der Waals surface area contributed by atoms with Crippen LogP contribution in [0.4, 0.5) is 13.2 Å². The minimum absolute atomic E-state index is 0.00213. The predicted octanol–water partition coefficient (Wildman–Crippen LogP) is 3.64. The molecule has 130 valence electrons. The average Bonchev–Trinajstić information content (AvgIpc) is 3.07. The first kappa shape index (κ1) is 18.1. The molecule has 0 aliphatic heterocycles. The first-order valence-electron chi connectivity index (χ1n) is 7.13. The van der Waals surface area contributed by atoms with Crippen LogP contribution in [0, 0.1) is 0 Å². The van der Waals surface area contributed by atoms with E-state index in [4.69, 9.17) is 4.74 Å². The Balaban J connectivity index is 2.04. The van der Waals surface area contributed by atoms with E-state index in [-0.39, 0.29) is 17.9 Å². The van der Waals surface area contributed by atoms with E-state index in [2.05, 4.69) is 15.6 Å². The molecule has 0 saturated carbocycles.